The summed E-state index contributed by atoms with van der Waals surface area (Å²) >= 11 is 1.09. The van der Waals surface area contributed by atoms with Crippen LogP contribution in [0.2, 0.25) is 0 Å². The van der Waals surface area contributed by atoms with Crippen LogP contribution in [0.15, 0.2) is 72.0 Å². The Morgan fingerprint density at radius 1 is 1.11 bits per heavy atom. The first-order valence-electron chi connectivity index (χ1n) is 13.1. The topological polar surface area (TPSA) is 111 Å². The molecule has 0 aliphatic carbocycles. The highest BCUT2D eigenvalue weighted by Gasteiger charge is 2.32. The van der Waals surface area contributed by atoms with Gasteiger partial charge in [-0.15, -0.1) is 18.3 Å². The average molecular weight is 629 g/mol. The predicted molar refractivity (Wildman–Crippen MR) is 156 cm³/mol. The smallest absolute Gasteiger partial charge is 0.406 e. The number of urea groups is 1. The normalized spacial score (nSPS) is 14.4. The number of nitrogens with zero attached hydrogens (tertiary/aromatic N) is 5. The minimum absolute atomic E-state index is 0.0856. The molecule has 1 fully saturated rings. The Hall–Kier alpha value is -4.76. The first-order chi connectivity index (χ1) is 21.0. The number of carbonyl (C=O) groups excluding carboxylic acids is 2. The van der Waals surface area contributed by atoms with E-state index in [1.54, 1.807) is 0 Å². The van der Waals surface area contributed by atoms with Gasteiger partial charge < -0.3 is 14.8 Å². The number of nitrogens with one attached hydrogen (secondary N) is 1. The van der Waals surface area contributed by atoms with Gasteiger partial charge in [0.1, 0.15) is 17.9 Å². The number of halogens is 4. The molecule has 0 spiro atoms. The van der Waals surface area contributed by atoms with Crippen molar-refractivity contribution in [3.8, 4) is 22.8 Å². The monoisotopic (exact) mass is 628 g/mol. The van der Waals surface area contributed by atoms with E-state index < -0.39 is 24.0 Å². The van der Waals surface area contributed by atoms with Gasteiger partial charge in [-0.25, -0.2) is 18.9 Å². The van der Waals surface area contributed by atoms with Gasteiger partial charge in [-0.3, -0.25) is 9.69 Å². The summed E-state index contributed by atoms with van der Waals surface area (Å²) in [6.07, 6.45) is -3.49. The van der Waals surface area contributed by atoms with E-state index in [4.69, 9.17) is 4.74 Å². The molecule has 1 N–H and O–H groups in total. The Bertz CT molecular complexity index is 1730. The van der Waals surface area contributed by atoms with Crippen LogP contribution in [0, 0.1) is 12.7 Å². The van der Waals surface area contributed by atoms with Crippen LogP contribution in [0.4, 0.5) is 33.7 Å². The lowest BCUT2D eigenvalue weighted by molar-refractivity contribution is -0.274. The number of aromatic nitrogens is 3. The quantitative estimate of drug-likeness (QED) is 0.222. The molecule has 1 aromatic heterocycles. The lowest BCUT2D eigenvalue weighted by Crippen LogP contribution is -2.31. The Labute approximate surface area is 252 Å². The van der Waals surface area contributed by atoms with Crippen LogP contribution in [-0.4, -0.2) is 50.6 Å². The number of thioether (sulfide) groups is 1. The van der Waals surface area contributed by atoms with E-state index in [0.29, 0.717) is 18.0 Å². The van der Waals surface area contributed by atoms with Crippen molar-refractivity contribution in [1.82, 2.24) is 14.8 Å². The summed E-state index contributed by atoms with van der Waals surface area (Å²) in [6.45, 7) is 4.50. The van der Waals surface area contributed by atoms with E-state index in [1.165, 1.54) is 40.2 Å². The minimum atomic E-state index is -4.81. The molecular formula is C29H24F4N6O4S. The molecule has 1 aliphatic rings. The van der Waals surface area contributed by atoms with Crippen molar-refractivity contribution in [3.05, 3.63) is 83.9 Å². The number of aryl methyl sites for hydroxylation is 1. The van der Waals surface area contributed by atoms with E-state index in [2.05, 4.69) is 25.1 Å². The number of anilines is 2. The standard InChI is InChI=1S/C29H24F4N6O4S/c1-3-42-14-19-5-4-17(2)12-24(19)39-25(40)15-44-28(39)36-27(41)35-23-11-6-18(13-22(23)30)26-34-16-38(37-26)20-7-9-21(10-8-20)43-29(31,32)33/h4-13,16H,3,14-15H2,1-2H3,(H,35,41)/b36-28-. The maximum absolute atomic E-state index is 15.0. The molecule has 4 aromatic rings. The zero-order valence-electron chi connectivity index (χ0n) is 23.3. The fourth-order valence-electron chi connectivity index (χ4n) is 4.20. The van der Waals surface area contributed by atoms with Crippen LogP contribution in [-0.2, 0) is 16.1 Å². The van der Waals surface area contributed by atoms with E-state index in [0.717, 1.165) is 41.1 Å². The number of benzene rings is 3. The number of aliphatic imine (C=N–C) groups is 1. The van der Waals surface area contributed by atoms with Crippen molar-refractivity contribution in [3.63, 3.8) is 0 Å². The van der Waals surface area contributed by atoms with Crippen LogP contribution < -0.4 is 15.0 Å². The molecule has 0 radical (unpaired) electrons. The highest BCUT2D eigenvalue weighted by Crippen LogP contribution is 2.32. The molecule has 1 aliphatic heterocycles. The van der Waals surface area contributed by atoms with Crippen molar-refractivity contribution in [2.75, 3.05) is 22.6 Å². The summed E-state index contributed by atoms with van der Waals surface area (Å²) in [4.78, 5) is 35.1. The van der Waals surface area contributed by atoms with Gasteiger partial charge in [0.2, 0.25) is 5.91 Å². The number of hydrogen-bond acceptors (Lipinski definition) is 7. The Morgan fingerprint density at radius 3 is 2.59 bits per heavy atom. The first kappa shape index (κ1) is 30.7. The highest BCUT2D eigenvalue weighted by molar-refractivity contribution is 8.15. The van der Waals surface area contributed by atoms with Gasteiger partial charge in [-0.1, -0.05) is 23.9 Å². The summed E-state index contributed by atoms with van der Waals surface area (Å²) < 4.78 is 62.9. The number of ether oxygens (including phenoxy) is 2. The van der Waals surface area contributed by atoms with Crippen molar-refractivity contribution in [2.24, 2.45) is 4.99 Å². The van der Waals surface area contributed by atoms with Gasteiger partial charge in [0.25, 0.3) is 0 Å². The predicted octanol–water partition coefficient (Wildman–Crippen LogP) is 6.48. The van der Waals surface area contributed by atoms with Crippen LogP contribution >= 0.6 is 11.8 Å². The minimum Gasteiger partial charge on any atom is -0.406 e. The molecule has 1 saturated heterocycles. The summed E-state index contributed by atoms with van der Waals surface area (Å²) in [5.74, 6) is -1.21. The molecule has 5 rings (SSSR count). The number of amidine groups is 1. The van der Waals surface area contributed by atoms with Crippen molar-refractivity contribution in [2.45, 2.75) is 26.8 Å². The number of hydrogen-bond donors (Lipinski definition) is 1. The second-order valence-corrected chi connectivity index (χ2v) is 10.3. The third-order valence-corrected chi connectivity index (χ3v) is 7.12. The molecule has 0 bridgehead atoms. The molecular weight excluding hydrogens is 604 g/mol. The molecule has 0 atom stereocenters. The zero-order valence-corrected chi connectivity index (χ0v) is 24.1. The second kappa shape index (κ2) is 12.9. The lowest BCUT2D eigenvalue weighted by atomic mass is 10.1. The van der Waals surface area contributed by atoms with E-state index in [-0.39, 0.29) is 40.5 Å². The van der Waals surface area contributed by atoms with Crippen LogP contribution in [0.1, 0.15) is 18.1 Å². The van der Waals surface area contributed by atoms with Crippen LogP contribution in [0.5, 0.6) is 5.75 Å². The van der Waals surface area contributed by atoms with Gasteiger partial charge in [-0.2, -0.15) is 4.99 Å². The average Bonchev–Trinajstić information content (AvgIpc) is 3.60. The summed E-state index contributed by atoms with van der Waals surface area (Å²) in [5.41, 5.74) is 2.75. The molecule has 10 nitrogen and oxygen atoms in total. The largest absolute Gasteiger partial charge is 0.573 e. The lowest BCUT2D eigenvalue weighted by Gasteiger charge is -2.20. The van der Waals surface area contributed by atoms with E-state index in [9.17, 15) is 22.8 Å². The Kier molecular flexibility index (Phi) is 8.96. The summed E-state index contributed by atoms with van der Waals surface area (Å²) in [7, 11) is 0. The number of carbonyl (C=O) groups is 2. The molecule has 3 amide bonds. The van der Waals surface area contributed by atoms with Crippen LogP contribution in [0.3, 0.4) is 0 Å². The fourth-order valence-corrected chi connectivity index (χ4v) is 5.06. The molecule has 44 heavy (non-hydrogen) atoms. The number of rotatable bonds is 8. The molecule has 2 heterocycles. The van der Waals surface area contributed by atoms with Crippen molar-refractivity contribution < 1.29 is 36.6 Å². The van der Waals surface area contributed by atoms with E-state index >= 15 is 4.39 Å². The van der Waals surface area contributed by atoms with Gasteiger partial charge in [0.15, 0.2) is 11.0 Å². The molecule has 0 saturated carbocycles. The molecule has 15 heteroatoms. The Morgan fingerprint density at radius 2 is 1.89 bits per heavy atom. The molecule has 228 valence electrons. The molecule has 0 unspecified atom stereocenters. The molecule has 3 aromatic carbocycles. The Balaban J connectivity index is 1.30. The van der Waals surface area contributed by atoms with Gasteiger partial charge >= 0.3 is 12.4 Å². The van der Waals surface area contributed by atoms with Crippen LogP contribution in [0.25, 0.3) is 17.1 Å². The second-order valence-electron chi connectivity index (χ2n) is 9.36. The maximum atomic E-state index is 15.0. The number of amides is 3. The maximum Gasteiger partial charge on any atom is 0.573 e. The first-order valence-corrected chi connectivity index (χ1v) is 14.1. The number of alkyl halides is 3. The van der Waals surface area contributed by atoms with Crippen molar-refractivity contribution in [1.29, 1.82) is 0 Å². The highest BCUT2D eigenvalue weighted by atomic mass is 32.2. The van der Waals surface area contributed by atoms with E-state index in [1.807, 2.05) is 32.0 Å². The van der Waals surface area contributed by atoms with Crippen molar-refractivity contribution >= 4 is 40.2 Å². The third-order valence-electron chi connectivity index (χ3n) is 6.20. The SMILES string of the molecule is CCOCc1ccc(C)cc1N1C(=O)CS/C1=N\C(=O)Nc1ccc(-c2ncn(-c3ccc(OC(F)(F)F)cc3)n2)cc1F. The van der Waals surface area contributed by atoms with Gasteiger partial charge in [0, 0.05) is 17.7 Å². The zero-order chi connectivity index (χ0) is 31.4. The summed E-state index contributed by atoms with van der Waals surface area (Å²) in [6, 6.07) is 13.6. The van der Waals surface area contributed by atoms with Gasteiger partial charge in [0.05, 0.1) is 29.4 Å². The fraction of sp³-hybridized carbons (Fsp3) is 0.207. The summed E-state index contributed by atoms with van der Waals surface area (Å²) in [5, 5.41) is 6.80. The van der Waals surface area contributed by atoms with Gasteiger partial charge in [-0.05, 0) is 67.9 Å². The third kappa shape index (κ3) is 7.23.